The van der Waals surface area contributed by atoms with E-state index in [0.29, 0.717) is 25.4 Å². The summed E-state index contributed by atoms with van der Waals surface area (Å²) >= 11 is 0. The molecule has 2 aliphatic heterocycles. The summed E-state index contributed by atoms with van der Waals surface area (Å²) in [4.78, 5) is 17.0. The lowest BCUT2D eigenvalue weighted by atomic mass is 9.73. The number of carbonyl (C=O) groups is 1. The number of aliphatic carboxylic acids is 1. The molecule has 0 radical (unpaired) electrons. The van der Waals surface area contributed by atoms with Crippen molar-refractivity contribution < 1.29 is 27.5 Å². The first kappa shape index (κ1) is 30.0. The topological polar surface area (TPSA) is 43.8 Å². The van der Waals surface area contributed by atoms with Crippen LogP contribution in [0.2, 0.25) is 0 Å². The van der Waals surface area contributed by atoms with Gasteiger partial charge in [0.1, 0.15) is 17.7 Å². The zero-order chi connectivity index (χ0) is 29.1. The van der Waals surface area contributed by atoms with Gasteiger partial charge in [-0.15, -0.1) is 0 Å². The molecule has 3 aliphatic rings. The van der Waals surface area contributed by atoms with Crippen molar-refractivity contribution in [1.82, 2.24) is 9.80 Å². The number of carboxylic acid groups (broad SMARTS) is 1. The van der Waals surface area contributed by atoms with E-state index in [0.717, 1.165) is 69.4 Å². The van der Waals surface area contributed by atoms with E-state index in [1.165, 1.54) is 18.2 Å². The number of hydrogen-bond acceptors (Lipinski definition) is 3. The Balaban J connectivity index is 1.20. The first-order chi connectivity index (χ1) is 19.6. The first-order valence-corrected chi connectivity index (χ1v) is 15.2. The minimum Gasteiger partial charge on any atom is -0.480 e. The van der Waals surface area contributed by atoms with Crippen molar-refractivity contribution in [3.8, 4) is 0 Å². The van der Waals surface area contributed by atoms with Crippen LogP contribution in [0.5, 0.6) is 0 Å². The number of rotatable bonds is 11. The van der Waals surface area contributed by atoms with Crippen LogP contribution in [0.1, 0.15) is 68.9 Å². The van der Waals surface area contributed by atoms with E-state index in [9.17, 15) is 27.5 Å². The molecule has 2 aromatic rings. The lowest BCUT2D eigenvalue weighted by molar-refractivity contribution is -0.146. The van der Waals surface area contributed by atoms with Crippen LogP contribution in [0.3, 0.4) is 0 Å². The molecule has 4 nitrogen and oxygen atoms in total. The third kappa shape index (κ3) is 7.14. The maximum absolute atomic E-state index is 14.7. The number of hydrogen-bond donors (Lipinski definition) is 1. The van der Waals surface area contributed by atoms with E-state index in [2.05, 4.69) is 16.7 Å². The Morgan fingerprint density at radius 1 is 1.00 bits per heavy atom. The van der Waals surface area contributed by atoms with E-state index in [1.54, 1.807) is 12.1 Å². The summed E-state index contributed by atoms with van der Waals surface area (Å²) in [7, 11) is 0. The van der Waals surface area contributed by atoms with Gasteiger partial charge in [0, 0.05) is 37.5 Å². The Labute approximate surface area is 240 Å². The van der Waals surface area contributed by atoms with Crippen LogP contribution in [0.4, 0.5) is 17.6 Å². The zero-order valence-electron chi connectivity index (χ0n) is 23.8. The minimum absolute atomic E-state index is 0.0354. The van der Waals surface area contributed by atoms with Crippen LogP contribution in [0.25, 0.3) is 0 Å². The molecule has 1 aliphatic carbocycles. The Kier molecular flexibility index (Phi) is 9.39. The number of carboxylic acids is 1. The molecule has 5 rings (SSSR count). The van der Waals surface area contributed by atoms with Gasteiger partial charge in [-0.2, -0.15) is 0 Å². The van der Waals surface area contributed by atoms with Gasteiger partial charge in [-0.3, -0.25) is 9.69 Å². The maximum Gasteiger partial charge on any atom is 0.321 e. The average Bonchev–Trinajstić information content (AvgIpc) is 3.30. The van der Waals surface area contributed by atoms with Crippen molar-refractivity contribution in [1.29, 1.82) is 0 Å². The van der Waals surface area contributed by atoms with Crippen molar-refractivity contribution in [2.24, 2.45) is 23.7 Å². The van der Waals surface area contributed by atoms with E-state index in [1.807, 2.05) is 6.07 Å². The quantitative estimate of drug-likeness (QED) is 0.290. The monoisotopic (exact) mass is 574 g/mol. The van der Waals surface area contributed by atoms with Crippen LogP contribution in [-0.2, 0) is 10.7 Å². The molecule has 0 unspecified atom stereocenters. The van der Waals surface area contributed by atoms with Gasteiger partial charge in [-0.25, -0.2) is 17.6 Å². The molecule has 8 heteroatoms. The Hall–Kier alpha value is -2.45. The number of likely N-dealkylation sites (tertiary alicyclic amines) is 2. The van der Waals surface area contributed by atoms with Gasteiger partial charge >= 0.3 is 5.97 Å². The van der Waals surface area contributed by atoms with E-state index in [4.69, 9.17) is 0 Å². The van der Waals surface area contributed by atoms with Crippen molar-refractivity contribution in [2.45, 2.75) is 69.8 Å². The van der Waals surface area contributed by atoms with Crippen molar-refractivity contribution in [3.05, 3.63) is 71.3 Å². The van der Waals surface area contributed by atoms with Crippen LogP contribution >= 0.6 is 0 Å². The number of piperidine rings is 1. The fraction of sp³-hybridized carbons (Fsp3) is 0.606. The fourth-order valence-corrected chi connectivity index (χ4v) is 7.38. The summed E-state index contributed by atoms with van der Waals surface area (Å²) in [5, 5.41) is 10.2. The van der Waals surface area contributed by atoms with Crippen LogP contribution < -0.4 is 0 Å². The van der Waals surface area contributed by atoms with Crippen molar-refractivity contribution in [3.63, 3.8) is 0 Å². The molecule has 1 saturated carbocycles. The summed E-state index contributed by atoms with van der Waals surface area (Å²) in [5.41, 5.74) is 0.771. The van der Waals surface area contributed by atoms with Gasteiger partial charge in [0.05, 0.1) is 0 Å². The second-order valence-electron chi connectivity index (χ2n) is 12.7. The highest BCUT2D eigenvalue weighted by Crippen LogP contribution is 2.41. The standard InChI is InChI=1S/C33H42F4N2O2/c1-22(24-4-2-5-24)31(32(40)41)39-20-26(30(21-39)25-6-3-7-29(35)18-25)19-38-16-13-23(14-17-38)12-15-33(36,37)27-8-10-28(34)11-9-27/h3,6-11,18,22-24,26,30-31H,2,4-5,12-17,19-21H2,1H3,(H,40,41)/t22-,26-,30+,31-/m0/s1. The van der Waals surface area contributed by atoms with Gasteiger partial charge in [0.2, 0.25) is 0 Å². The Bertz CT molecular complexity index is 1160. The molecule has 2 aromatic carbocycles. The second kappa shape index (κ2) is 12.8. The fourth-order valence-electron chi connectivity index (χ4n) is 7.38. The smallest absolute Gasteiger partial charge is 0.321 e. The highest BCUT2D eigenvalue weighted by Gasteiger charge is 2.44. The van der Waals surface area contributed by atoms with E-state index < -0.39 is 23.8 Å². The normalized spacial score (nSPS) is 24.7. The SMILES string of the molecule is C[C@@H](C1CCC1)[C@@H](C(=O)O)N1C[C@H](CN2CCC(CCC(F)(F)c3ccc(F)cc3)CC2)[C@@H](c2cccc(F)c2)C1. The molecule has 4 atom stereocenters. The molecule has 0 amide bonds. The average molecular weight is 575 g/mol. The van der Waals surface area contributed by atoms with Gasteiger partial charge in [0.15, 0.2) is 0 Å². The van der Waals surface area contributed by atoms with E-state index >= 15 is 0 Å². The number of benzene rings is 2. The van der Waals surface area contributed by atoms with Gasteiger partial charge in [-0.05, 0) is 85.9 Å². The molecule has 41 heavy (non-hydrogen) atoms. The van der Waals surface area contributed by atoms with Gasteiger partial charge in [0.25, 0.3) is 5.92 Å². The van der Waals surface area contributed by atoms with Gasteiger partial charge in [-0.1, -0.05) is 50.5 Å². The summed E-state index contributed by atoms with van der Waals surface area (Å²) in [6, 6.07) is 10.6. The number of alkyl halides is 2. The highest BCUT2D eigenvalue weighted by molar-refractivity contribution is 5.74. The molecule has 2 heterocycles. The molecule has 3 fully saturated rings. The summed E-state index contributed by atoms with van der Waals surface area (Å²) in [5.74, 6) is -3.65. The molecule has 0 bridgehead atoms. The predicted octanol–water partition coefficient (Wildman–Crippen LogP) is 7.15. The molecule has 224 valence electrons. The largest absolute Gasteiger partial charge is 0.480 e. The Morgan fingerprint density at radius 3 is 2.32 bits per heavy atom. The van der Waals surface area contributed by atoms with Gasteiger partial charge < -0.3 is 10.0 Å². The van der Waals surface area contributed by atoms with Crippen LogP contribution in [0.15, 0.2) is 48.5 Å². The second-order valence-corrected chi connectivity index (χ2v) is 12.7. The number of halogens is 4. The van der Waals surface area contributed by atoms with E-state index in [-0.39, 0.29) is 41.5 Å². The lowest BCUT2D eigenvalue weighted by Gasteiger charge is -2.38. The highest BCUT2D eigenvalue weighted by atomic mass is 19.3. The van der Waals surface area contributed by atoms with Crippen LogP contribution in [0, 0.1) is 35.3 Å². The van der Waals surface area contributed by atoms with Crippen LogP contribution in [-0.4, -0.2) is 59.6 Å². The first-order valence-electron chi connectivity index (χ1n) is 15.2. The molecule has 0 spiro atoms. The molecule has 0 aromatic heterocycles. The zero-order valence-corrected chi connectivity index (χ0v) is 23.8. The summed E-state index contributed by atoms with van der Waals surface area (Å²) in [6.07, 6.45) is 5.16. The molecule has 2 saturated heterocycles. The summed E-state index contributed by atoms with van der Waals surface area (Å²) < 4.78 is 56.8. The number of nitrogens with zero attached hydrogens (tertiary/aromatic N) is 2. The third-order valence-corrected chi connectivity index (χ3v) is 10.1. The molecular formula is C33H42F4N2O2. The van der Waals surface area contributed by atoms with Crippen molar-refractivity contribution in [2.75, 3.05) is 32.7 Å². The molecular weight excluding hydrogens is 532 g/mol. The lowest BCUT2D eigenvalue weighted by Crippen LogP contribution is -2.48. The third-order valence-electron chi connectivity index (χ3n) is 10.1. The Morgan fingerprint density at radius 2 is 1.71 bits per heavy atom. The molecule has 1 N–H and O–H groups in total. The van der Waals surface area contributed by atoms with Crippen molar-refractivity contribution >= 4 is 5.97 Å². The minimum atomic E-state index is -2.98. The predicted molar refractivity (Wildman–Crippen MR) is 151 cm³/mol. The summed E-state index contributed by atoms with van der Waals surface area (Å²) in [6.45, 7) is 5.70. The maximum atomic E-state index is 14.7.